The minimum atomic E-state index is -1.02. The van der Waals surface area contributed by atoms with E-state index in [2.05, 4.69) is 19.7 Å². The number of fused-ring (bicyclic) bond motifs is 2. The van der Waals surface area contributed by atoms with Crippen LogP contribution in [0.25, 0.3) is 11.1 Å². The Kier molecular flexibility index (Phi) is 4.76. The molecule has 3 aromatic rings. The fourth-order valence-corrected chi connectivity index (χ4v) is 5.76. The molecule has 0 bridgehead atoms. The number of nitrogens with zero attached hydrogens (tertiary/aromatic N) is 6. The monoisotopic (exact) mass is 440 g/mol. The SMILES string of the molecule is O=[S@]1CCc2nc(N3CCN(c4nc5ccccc5o4)CC3)nc(N3CCOCC3)c21. The first-order valence-electron chi connectivity index (χ1n) is 10.7. The van der Waals surface area contributed by atoms with E-state index in [4.69, 9.17) is 19.1 Å². The van der Waals surface area contributed by atoms with Gasteiger partial charge in [0.15, 0.2) is 11.4 Å². The summed E-state index contributed by atoms with van der Waals surface area (Å²) < 4.78 is 24.1. The lowest BCUT2D eigenvalue weighted by molar-refractivity contribution is 0.122. The molecule has 5 heterocycles. The molecule has 3 aliphatic rings. The van der Waals surface area contributed by atoms with Gasteiger partial charge in [0.25, 0.3) is 6.01 Å². The maximum absolute atomic E-state index is 12.6. The molecule has 0 N–H and O–H groups in total. The van der Waals surface area contributed by atoms with E-state index in [1.54, 1.807) is 0 Å². The van der Waals surface area contributed by atoms with Crippen molar-refractivity contribution in [3.8, 4) is 0 Å². The van der Waals surface area contributed by atoms with Crippen molar-refractivity contribution >= 4 is 39.7 Å². The second kappa shape index (κ2) is 7.76. The Morgan fingerprint density at radius 3 is 2.45 bits per heavy atom. The zero-order chi connectivity index (χ0) is 20.8. The highest BCUT2D eigenvalue weighted by molar-refractivity contribution is 7.85. The van der Waals surface area contributed by atoms with Gasteiger partial charge < -0.3 is 23.9 Å². The second-order valence-corrected chi connectivity index (χ2v) is 9.47. The number of benzene rings is 1. The minimum Gasteiger partial charge on any atom is -0.423 e. The van der Waals surface area contributed by atoms with Crippen LogP contribution in [0, 0.1) is 0 Å². The molecule has 2 saturated heterocycles. The zero-order valence-corrected chi connectivity index (χ0v) is 18.0. The fourth-order valence-electron chi connectivity index (χ4n) is 4.39. The maximum atomic E-state index is 12.6. The van der Waals surface area contributed by atoms with Crippen LogP contribution in [0.5, 0.6) is 0 Å². The number of hydrogen-bond donors (Lipinski definition) is 0. The summed E-state index contributed by atoms with van der Waals surface area (Å²) in [6.45, 7) is 6.01. The Labute approximate surface area is 182 Å². The third kappa shape index (κ3) is 3.43. The predicted octanol–water partition coefficient (Wildman–Crippen LogP) is 1.44. The lowest BCUT2D eigenvalue weighted by Gasteiger charge is -2.35. The third-order valence-corrected chi connectivity index (χ3v) is 7.53. The van der Waals surface area contributed by atoms with Crippen LogP contribution in [0.3, 0.4) is 0 Å². The van der Waals surface area contributed by atoms with E-state index in [1.807, 2.05) is 24.3 Å². The Morgan fingerprint density at radius 1 is 0.871 bits per heavy atom. The van der Waals surface area contributed by atoms with Crippen LogP contribution < -0.4 is 14.7 Å². The van der Waals surface area contributed by atoms with E-state index < -0.39 is 10.8 Å². The molecular formula is C21H24N6O3S. The summed E-state index contributed by atoms with van der Waals surface area (Å²) in [5.41, 5.74) is 2.63. The van der Waals surface area contributed by atoms with Gasteiger partial charge >= 0.3 is 0 Å². The second-order valence-electron chi connectivity index (χ2n) is 7.96. The number of rotatable bonds is 3. The van der Waals surface area contributed by atoms with Gasteiger partial charge in [-0.05, 0) is 12.1 Å². The highest BCUT2D eigenvalue weighted by Crippen LogP contribution is 2.33. The molecule has 162 valence electrons. The van der Waals surface area contributed by atoms with Gasteiger partial charge in [-0.2, -0.15) is 9.97 Å². The van der Waals surface area contributed by atoms with Crippen molar-refractivity contribution in [3.63, 3.8) is 0 Å². The molecule has 0 saturated carbocycles. The van der Waals surface area contributed by atoms with Crippen molar-refractivity contribution < 1.29 is 13.4 Å². The van der Waals surface area contributed by atoms with Crippen LogP contribution in [0.15, 0.2) is 33.6 Å². The molecular weight excluding hydrogens is 416 g/mol. The van der Waals surface area contributed by atoms with Crippen LogP contribution in [-0.2, 0) is 22.0 Å². The Bertz CT molecular complexity index is 1100. The Hall–Kier alpha value is -2.72. The van der Waals surface area contributed by atoms with Gasteiger partial charge in [0, 0.05) is 51.4 Å². The van der Waals surface area contributed by atoms with Crippen molar-refractivity contribution in [3.05, 3.63) is 30.0 Å². The molecule has 0 unspecified atom stereocenters. The van der Waals surface area contributed by atoms with Gasteiger partial charge in [-0.25, -0.2) is 4.98 Å². The van der Waals surface area contributed by atoms with Crippen molar-refractivity contribution in [2.24, 2.45) is 0 Å². The van der Waals surface area contributed by atoms with E-state index >= 15 is 0 Å². The number of morpholine rings is 1. The molecule has 2 aromatic heterocycles. The molecule has 0 radical (unpaired) electrons. The fraction of sp³-hybridized carbons (Fsp3) is 0.476. The first-order chi connectivity index (χ1) is 15.3. The van der Waals surface area contributed by atoms with Gasteiger partial charge in [-0.3, -0.25) is 4.21 Å². The number of ether oxygens (including phenoxy) is 1. The first-order valence-corrected chi connectivity index (χ1v) is 12.1. The van der Waals surface area contributed by atoms with Crippen LogP contribution in [0.4, 0.5) is 17.8 Å². The Balaban J connectivity index is 1.24. The van der Waals surface area contributed by atoms with Crippen molar-refractivity contribution in [2.75, 3.05) is 72.9 Å². The molecule has 6 rings (SSSR count). The summed E-state index contributed by atoms with van der Waals surface area (Å²) >= 11 is 0. The normalized spacial score (nSPS) is 21.7. The minimum absolute atomic E-state index is 0.635. The highest BCUT2D eigenvalue weighted by Gasteiger charge is 2.31. The number of anilines is 3. The number of para-hydroxylation sites is 2. The molecule has 0 spiro atoms. The Morgan fingerprint density at radius 2 is 1.65 bits per heavy atom. The van der Waals surface area contributed by atoms with Gasteiger partial charge in [-0.15, -0.1) is 0 Å². The molecule has 0 amide bonds. The van der Waals surface area contributed by atoms with E-state index in [0.29, 0.717) is 25.0 Å². The molecule has 3 aliphatic heterocycles. The summed E-state index contributed by atoms with van der Waals surface area (Å²) in [6, 6.07) is 8.50. The number of oxazole rings is 1. The number of hydrogen-bond acceptors (Lipinski definition) is 9. The van der Waals surface area contributed by atoms with Crippen LogP contribution in [-0.4, -0.2) is 77.4 Å². The molecule has 10 heteroatoms. The third-order valence-electron chi connectivity index (χ3n) is 6.08. The first kappa shape index (κ1) is 19.0. The predicted molar refractivity (Wildman–Crippen MR) is 118 cm³/mol. The topological polar surface area (TPSA) is 87.8 Å². The quantitative estimate of drug-likeness (QED) is 0.600. The lowest BCUT2D eigenvalue weighted by atomic mass is 10.3. The average molecular weight is 441 g/mol. The van der Waals surface area contributed by atoms with Crippen LogP contribution in [0.1, 0.15) is 5.69 Å². The smallest absolute Gasteiger partial charge is 0.298 e. The number of piperazine rings is 1. The molecule has 2 fully saturated rings. The van der Waals surface area contributed by atoms with Gasteiger partial charge in [0.05, 0.1) is 29.7 Å². The summed E-state index contributed by atoms with van der Waals surface area (Å²) in [7, 11) is -1.02. The lowest BCUT2D eigenvalue weighted by Crippen LogP contribution is -2.47. The van der Waals surface area contributed by atoms with Crippen LogP contribution in [0.2, 0.25) is 0 Å². The van der Waals surface area contributed by atoms with E-state index in [-0.39, 0.29) is 0 Å². The summed E-state index contributed by atoms with van der Waals surface area (Å²) in [6.07, 6.45) is 0.748. The van der Waals surface area contributed by atoms with Crippen molar-refractivity contribution in [2.45, 2.75) is 11.3 Å². The van der Waals surface area contributed by atoms with E-state index in [0.717, 1.165) is 79.1 Å². The van der Waals surface area contributed by atoms with E-state index in [1.165, 1.54) is 0 Å². The highest BCUT2D eigenvalue weighted by atomic mass is 32.2. The van der Waals surface area contributed by atoms with Crippen molar-refractivity contribution in [1.29, 1.82) is 0 Å². The summed E-state index contributed by atoms with van der Waals surface area (Å²) in [5, 5.41) is 0. The van der Waals surface area contributed by atoms with Crippen molar-refractivity contribution in [1.82, 2.24) is 15.0 Å². The number of aromatic nitrogens is 3. The standard InChI is InChI=1S/C21H24N6O3S/c28-31-14-5-16-18(31)19(25-10-12-29-13-11-25)24-20(22-16)26-6-8-27(9-7-26)21-23-15-3-1-2-4-17(15)30-21/h1-4H,5-14H2/t31-/m0/s1. The van der Waals surface area contributed by atoms with E-state index in [9.17, 15) is 4.21 Å². The maximum Gasteiger partial charge on any atom is 0.298 e. The molecule has 0 aliphatic carbocycles. The van der Waals surface area contributed by atoms with Gasteiger partial charge in [0.2, 0.25) is 5.95 Å². The van der Waals surface area contributed by atoms with Gasteiger partial charge in [-0.1, -0.05) is 12.1 Å². The zero-order valence-electron chi connectivity index (χ0n) is 17.2. The summed E-state index contributed by atoms with van der Waals surface area (Å²) in [4.78, 5) is 21.8. The largest absolute Gasteiger partial charge is 0.423 e. The number of aryl methyl sites for hydroxylation is 1. The average Bonchev–Trinajstić information content (AvgIpc) is 3.43. The molecule has 9 nitrogen and oxygen atoms in total. The summed E-state index contributed by atoms with van der Waals surface area (Å²) in [5.74, 6) is 2.20. The molecule has 1 aromatic carbocycles. The molecule has 31 heavy (non-hydrogen) atoms. The molecule has 1 atom stereocenters. The van der Waals surface area contributed by atoms with Crippen LogP contribution >= 0.6 is 0 Å². The van der Waals surface area contributed by atoms with Gasteiger partial charge in [0.1, 0.15) is 10.4 Å².